The standard InChI is InChI=1S/C14H23N3O3/c1-4-11(5-2)10-15-14(19)12-6-7-13(18)17(16-12)8-9-20-3/h6-7,11H,4-5,8-10H2,1-3H3,(H,15,19). The largest absolute Gasteiger partial charge is 0.383 e. The van der Waals surface area contributed by atoms with Gasteiger partial charge in [-0.25, -0.2) is 4.68 Å². The molecule has 1 N–H and O–H groups in total. The lowest BCUT2D eigenvalue weighted by Crippen LogP contribution is -2.32. The molecule has 6 nitrogen and oxygen atoms in total. The predicted octanol–water partition coefficient (Wildman–Crippen LogP) is 1.06. The number of aromatic nitrogens is 2. The van der Waals surface area contributed by atoms with E-state index < -0.39 is 0 Å². The molecule has 0 saturated carbocycles. The van der Waals surface area contributed by atoms with Gasteiger partial charge in [0.1, 0.15) is 5.69 Å². The molecule has 0 atom stereocenters. The minimum absolute atomic E-state index is 0.237. The van der Waals surface area contributed by atoms with Gasteiger partial charge in [-0.05, 0) is 12.0 Å². The Bertz CT molecular complexity index is 481. The highest BCUT2D eigenvalue weighted by molar-refractivity contribution is 5.91. The average molecular weight is 281 g/mol. The van der Waals surface area contributed by atoms with E-state index in [-0.39, 0.29) is 17.2 Å². The quantitative estimate of drug-likeness (QED) is 0.773. The third kappa shape index (κ3) is 4.77. The molecule has 0 radical (unpaired) electrons. The van der Waals surface area contributed by atoms with Crippen molar-refractivity contribution < 1.29 is 9.53 Å². The summed E-state index contributed by atoms with van der Waals surface area (Å²) in [6.45, 7) is 5.55. The summed E-state index contributed by atoms with van der Waals surface area (Å²) in [6, 6.07) is 2.81. The second kappa shape index (κ2) is 8.47. The van der Waals surface area contributed by atoms with E-state index in [1.807, 2.05) is 0 Å². The van der Waals surface area contributed by atoms with Gasteiger partial charge in [0.15, 0.2) is 0 Å². The van der Waals surface area contributed by atoms with Gasteiger partial charge in [0.2, 0.25) is 0 Å². The summed E-state index contributed by atoms with van der Waals surface area (Å²) in [5.41, 5.74) is 0.0188. The molecule has 0 saturated heterocycles. The second-order valence-electron chi connectivity index (χ2n) is 4.67. The number of rotatable bonds is 8. The van der Waals surface area contributed by atoms with Crippen LogP contribution in [0.2, 0.25) is 0 Å². The van der Waals surface area contributed by atoms with Crippen LogP contribution in [-0.2, 0) is 11.3 Å². The van der Waals surface area contributed by atoms with Gasteiger partial charge in [-0.15, -0.1) is 0 Å². The van der Waals surface area contributed by atoms with Crippen LogP contribution in [0.3, 0.4) is 0 Å². The molecule has 20 heavy (non-hydrogen) atoms. The van der Waals surface area contributed by atoms with Gasteiger partial charge in [-0.1, -0.05) is 26.7 Å². The number of amides is 1. The van der Waals surface area contributed by atoms with Crippen LogP contribution in [0.1, 0.15) is 37.2 Å². The highest BCUT2D eigenvalue weighted by Crippen LogP contribution is 2.05. The van der Waals surface area contributed by atoms with Crippen LogP contribution in [0.15, 0.2) is 16.9 Å². The van der Waals surface area contributed by atoms with E-state index in [0.717, 1.165) is 12.8 Å². The number of nitrogens with one attached hydrogen (secondary N) is 1. The molecule has 0 fully saturated rings. The molecule has 0 unspecified atom stereocenters. The molecule has 0 aromatic carbocycles. The fraction of sp³-hybridized carbons (Fsp3) is 0.643. The lowest BCUT2D eigenvalue weighted by Gasteiger charge is -2.13. The zero-order valence-electron chi connectivity index (χ0n) is 12.4. The molecule has 6 heteroatoms. The first-order valence-corrected chi connectivity index (χ1v) is 6.97. The first-order chi connectivity index (χ1) is 9.62. The molecular formula is C14H23N3O3. The minimum atomic E-state index is -0.247. The number of ether oxygens (including phenoxy) is 1. The molecule has 1 heterocycles. The highest BCUT2D eigenvalue weighted by Gasteiger charge is 2.11. The van der Waals surface area contributed by atoms with Crippen LogP contribution >= 0.6 is 0 Å². The fourth-order valence-electron chi connectivity index (χ4n) is 1.81. The summed E-state index contributed by atoms with van der Waals surface area (Å²) < 4.78 is 6.15. The molecule has 0 aliphatic heterocycles. The molecule has 1 amide bonds. The van der Waals surface area contributed by atoms with Crippen molar-refractivity contribution in [3.05, 3.63) is 28.2 Å². The number of carbonyl (C=O) groups is 1. The van der Waals surface area contributed by atoms with Gasteiger partial charge in [-0.3, -0.25) is 9.59 Å². The van der Waals surface area contributed by atoms with Crippen molar-refractivity contribution in [1.82, 2.24) is 15.1 Å². The number of carbonyl (C=O) groups excluding carboxylic acids is 1. The Kier molecular flexibility index (Phi) is 6.93. The minimum Gasteiger partial charge on any atom is -0.383 e. The Morgan fingerprint density at radius 3 is 2.70 bits per heavy atom. The van der Waals surface area contributed by atoms with Gasteiger partial charge >= 0.3 is 0 Å². The normalized spacial score (nSPS) is 10.8. The van der Waals surface area contributed by atoms with Crippen LogP contribution in [-0.4, -0.2) is 35.9 Å². The van der Waals surface area contributed by atoms with Crippen LogP contribution in [0.5, 0.6) is 0 Å². The molecule has 0 aliphatic rings. The van der Waals surface area contributed by atoms with Crippen molar-refractivity contribution >= 4 is 5.91 Å². The first-order valence-electron chi connectivity index (χ1n) is 6.97. The van der Waals surface area contributed by atoms with E-state index in [0.29, 0.717) is 25.6 Å². The van der Waals surface area contributed by atoms with Crippen molar-refractivity contribution in [1.29, 1.82) is 0 Å². The Morgan fingerprint density at radius 2 is 2.10 bits per heavy atom. The van der Waals surface area contributed by atoms with Gasteiger partial charge in [0, 0.05) is 19.7 Å². The molecule has 112 valence electrons. The first kappa shape index (κ1) is 16.4. The zero-order valence-corrected chi connectivity index (χ0v) is 12.4. The number of methoxy groups -OCH3 is 1. The van der Waals surface area contributed by atoms with E-state index >= 15 is 0 Å². The summed E-state index contributed by atoms with van der Waals surface area (Å²) in [5.74, 6) is 0.224. The Hall–Kier alpha value is -1.69. The molecule has 0 bridgehead atoms. The lowest BCUT2D eigenvalue weighted by molar-refractivity contribution is 0.0937. The summed E-state index contributed by atoms with van der Waals surface area (Å²) in [7, 11) is 1.55. The van der Waals surface area contributed by atoms with Crippen molar-refractivity contribution in [2.45, 2.75) is 33.2 Å². The molecule has 1 aromatic rings. The maximum atomic E-state index is 12.0. The maximum absolute atomic E-state index is 12.0. The van der Waals surface area contributed by atoms with Gasteiger partial charge in [-0.2, -0.15) is 5.10 Å². The van der Waals surface area contributed by atoms with E-state index in [9.17, 15) is 9.59 Å². The van der Waals surface area contributed by atoms with E-state index in [2.05, 4.69) is 24.3 Å². The maximum Gasteiger partial charge on any atom is 0.271 e. The van der Waals surface area contributed by atoms with Crippen LogP contribution < -0.4 is 10.9 Å². The summed E-state index contributed by atoms with van der Waals surface area (Å²) in [5, 5.41) is 6.91. The van der Waals surface area contributed by atoms with Crippen molar-refractivity contribution in [2.75, 3.05) is 20.3 Å². The fourth-order valence-corrected chi connectivity index (χ4v) is 1.81. The molecule has 0 spiro atoms. The SMILES string of the molecule is CCC(CC)CNC(=O)c1ccc(=O)n(CCOC)n1. The Labute approximate surface area is 119 Å². The smallest absolute Gasteiger partial charge is 0.271 e. The highest BCUT2D eigenvalue weighted by atomic mass is 16.5. The summed E-state index contributed by atoms with van der Waals surface area (Å²) >= 11 is 0. The number of nitrogens with zero attached hydrogens (tertiary/aromatic N) is 2. The summed E-state index contributed by atoms with van der Waals surface area (Å²) in [6.07, 6.45) is 2.05. The van der Waals surface area contributed by atoms with E-state index in [4.69, 9.17) is 4.74 Å². The van der Waals surface area contributed by atoms with E-state index in [1.165, 1.54) is 16.8 Å². The van der Waals surface area contributed by atoms with Crippen molar-refractivity contribution in [3.8, 4) is 0 Å². The molecule has 1 rings (SSSR count). The molecule has 0 aliphatic carbocycles. The number of hydrogen-bond acceptors (Lipinski definition) is 4. The van der Waals surface area contributed by atoms with Crippen molar-refractivity contribution in [2.24, 2.45) is 5.92 Å². The van der Waals surface area contributed by atoms with E-state index in [1.54, 1.807) is 7.11 Å². The molecule has 1 aromatic heterocycles. The van der Waals surface area contributed by atoms with Gasteiger partial charge in [0.05, 0.1) is 13.2 Å². The monoisotopic (exact) mass is 281 g/mol. The number of hydrogen-bond donors (Lipinski definition) is 1. The molecular weight excluding hydrogens is 258 g/mol. The lowest BCUT2D eigenvalue weighted by atomic mass is 10.0. The topological polar surface area (TPSA) is 73.2 Å². The Balaban J connectivity index is 2.70. The second-order valence-corrected chi connectivity index (χ2v) is 4.67. The average Bonchev–Trinajstić information content (AvgIpc) is 2.47. The Morgan fingerprint density at radius 1 is 1.40 bits per heavy atom. The zero-order chi connectivity index (χ0) is 15.0. The third-order valence-corrected chi connectivity index (χ3v) is 3.31. The van der Waals surface area contributed by atoms with Crippen molar-refractivity contribution in [3.63, 3.8) is 0 Å². The predicted molar refractivity (Wildman–Crippen MR) is 76.8 cm³/mol. The van der Waals surface area contributed by atoms with Gasteiger partial charge in [0.25, 0.3) is 11.5 Å². The van der Waals surface area contributed by atoms with Crippen LogP contribution in [0.25, 0.3) is 0 Å². The summed E-state index contributed by atoms with van der Waals surface area (Å²) in [4.78, 5) is 23.6. The van der Waals surface area contributed by atoms with Gasteiger partial charge < -0.3 is 10.1 Å². The third-order valence-electron chi connectivity index (χ3n) is 3.31. The van der Waals surface area contributed by atoms with Crippen LogP contribution in [0.4, 0.5) is 0 Å². The van der Waals surface area contributed by atoms with Crippen LogP contribution in [0, 0.1) is 5.92 Å².